The van der Waals surface area contributed by atoms with E-state index in [0.29, 0.717) is 6.04 Å². The van der Waals surface area contributed by atoms with Gasteiger partial charge in [-0.1, -0.05) is 12.1 Å². The molecule has 1 N–H and O–H groups in total. The minimum Gasteiger partial charge on any atom is -0.380 e. The third kappa shape index (κ3) is 2.26. The van der Waals surface area contributed by atoms with Gasteiger partial charge in [-0.3, -0.25) is 0 Å². The fourth-order valence-corrected chi connectivity index (χ4v) is 2.49. The first-order chi connectivity index (χ1) is 8.84. The van der Waals surface area contributed by atoms with E-state index in [-0.39, 0.29) is 0 Å². The lowest BCUT2D eigenvalue weighted by molar-refractivity contribution is 0.0696. The van der Waals surface area contributed by atoms with Crippen molar-refractivity contribution >= 4 is 11.0 Å². The van der Waals surface area contributed by atoms with Gasteiger partial charge in [-0.2, -0.15) is 0 Å². The van der Waals surface area contributed by atoms with Crippen molar-refractivity contribution in [1.29, 1.82) is 0 Å². The van der Waals surface area contributed by atoms with Crippen molar-refractivity contribution in [3.63, 3.8) is 0 Å². The minimum atomic E-state index is 0.471. The molecule has 0 radical (unpaired) electrons. The van der Waals surface area contributed by atoms with Crippen molar-refractivity contribution in [3.05, 3.63) is 30.1 Å². The van der Waals surface area contributed by atoms with Crippen LogP contribution in [-0.2, 0) is 18.3 Å². The van der Waals surface area contributed by atoms with Gasteiger partial charge in [-0.25, -0.2) is 4.98 Å². The van der Waals surface area contributed by atoms with Crippen LogP contribution in [0.3, 0.4) is 0 Å². The first kappa shape index (κ1) is 11.7. The largest absolute Gasteiger partial charge is 0.380 e. The van der Waals surface area contributed by atoms with Gasteiger partial charge in [0.1, 0.15) is 5.82 Å². The molecule has 0 unspecified atom stereocenters. The number of hydrogen-bond acceptors (Lipinski definition) is 3. The Morgan fingerprint density at radius 3 is 3.11 bits per heavy atom. The first-order valence-corrected chi connectivity index (χ1v) is 6.56. The van der Waals surface area contributed by atoms with Crippen molar-refractivity contribution in [3.8, 4) is 0 Å². The van der Waals surface area contributed by atoms with E-state index in [0.717, 1.165) is 37.5 Å². The second-order valence-corrected chi connectivity index (χ2v) is 4.87. The molecule has 4 heteroatoms. The summed E-state index contributed by atoms with van der Waals surface area (Å²) in [4.78, 5) is 4.66. The molecule has 1 aliphatic rings. The Morgan fingerprint density at radius 1 is 1.44 bits per heavy atom. The molecule has 4 nitrogen and oxygen atoms in total. The van der Waals surface area contributed by atoms with Crippen molar-refractivity contribution in [2.75, 3.05) is 13.2 Å². The molecule has 3 rings (SSSR count). The van der Waals surface area contributed by atoms with Crippen molar-refractivity contribution in [2.45, 2.75) is 25.4 Å². The highest BCUT2D eigenvalue weighted by Gasteiger charge is 2.14. The van der Waals surface area contributed by atoms with Crippen LogP contribution in [0, 0.1) is 0 Å². The highest BCUT2D eigenvalue weighted by atomic mass is 16.5. The molecule has 0 spiro atoms. The normalized spacial score (nSPS) is 20.4. The first-order valence-electron chi connectivity index (χ1n) is 6.56. The molecule has 0 aliphatic carbocycles. The second-order valence-electron chi connectivity index (χ2n) is 4.87. The van der Waals surface area contributed by atoms with Gasteiger partial charge in [0.15, 0.2) is 0 Å². The summed E-state index contributed by atoms with van der Waals surface area (Å²) in [7, 11) is 2.07. The average molecular weight is 245 g/mol. The second kappa shape index (κ2) is 5.08. The third-order valence-corrected chi connectivity index (χ3v) is 3.59. The summed E-state index contributed by atoms with van der Waals surface area (Å²) in [5, 5.41) is 3.53. The third-order valence-electron chi connectivity index (χ3n) is 3.59. The number of nitrogens with zero attached hydrogens (tertiary/aromatic N) is 2. The quantitative estimate of drug-likeness (QED) is 0.897. The van der Waals surface area contributed by atoms with Crippen LogP contribution in [0.2, 0.25) is 0 Å². The van der Waals surface area contributed by atoms with Gasteiger partial charge in [-0.15, -0.1) is 0 Å². The molecule has 1 aromatic heterocycles. The fourth-order valence-electron chi connectivity index (χ4n) is 2.49. The van der Waals surface area contributed by atoms with Crippen molar-refractivity contribution in [2.24, 2.45) is 7.05 Å². The van der Waals surface area contributed by atoms with E-state index in [1.54, 1.807) is 0 Å². The number of aromatic nitrogens is 2. The van der Waals surface area contributed by atoms with E-state index in [2.05, 4.69) is 40.1 Å². The molecule has 0 amide bonds. The maximum atomic E-state index is 5.47. The van der Waals surface area contributed by atoms with E-state index < -0.39 is 0 Å². The maximum Gasteiger partial charge on any atom is 0.123 e. The van der Waals surface area contributed by atoms with Crippen LogP contribution in [-0.4, -0.2) is 28.8 Å². The summed E-state index contributed by atoms with van der Waals surface area (Å²) in [6, 6.07) is 8.72. The summed E-state index contributed by atoms with van der Waals surface area (Å²) >= 11 is 0. The van der Waals surface area contributed by atoms with Gasteiger partial charge >= 0.3 is 0 Å². The zero-order valence-corrected chi connectivity index (χ0v) is 10.7. The van der Waals surface area contributed by atoms with Gasteiger partial charge in [0, 0.05) is 19.7 Å². The van der Waals surface area contributed by atoms with Gasteiger partial charge in [0.25, 0.3) is 0 Å². The van der Waals surface area contributed by atoms with E-state index in [9.17, 15) is 0 Å². The number of fused-ring (bicyclic) bond motifs is 1. The molecule has 2 heterocycles. The van der Waals surface area contributed by atoms with E-state index in [1.165, 1.54) is 11.9 Å². The van der Waals surface area contributed by atoms with Crippen LogP contribution in [0.5, 0.6) is 0 Å². The van der Waals surface area contributed by atoms with Gasteiger partial charge in [-0.05, 0) is 25.0 Å². The smallest absolute Gasteiger partial charge is 0.123 e. The molecule has 1 aliphatic heterocycles. The number of hydrogen-bond donors (Lipinski definition) is 1. The summed E-state index contributed by atoms with van der Waals surface area (Å²) < 4.78 is 7.63. The van der Waals surface area contributed by atoms with E-state index in [4.69, 9.17) is 4.74 Å². The number of para-hydroxylation sites is 2. The van der Waals surface area contributed by atoms with Crippen molar-refractivity contribution < 1.29 is 4.74 Å². The Bertz CT molecular complexity index is 529. The lowest BCUT2D eigenvalue weighted by atomic mass is 10.1. The molecular weight excluding hydrogens is 226 g/mol. The topological polar surface area (TPSA) is 39.1 Å². The number of benzene rings is 1. The van der Waals surface area contributed by atoms with E-state index >= 15 is 0 Å². The molecular formula is C14H19N3O. The predicted octanol–water partition coefficient (Wildman–Crippen LogP) is 1.84. The lowest BCUT2D eigenvalue weighted by Gasteiger charge is -2.23. The molecule has 1 aromatic carbocycles. The molecule has 0 bridgehead atoms. The summed E-state index contributed by atoms with van der Waals surface area (Å²) in [5.74, 6) is 1.08. The Hall–Kier alpha value is -1.39. The van der Waals surface area contributed by atoms with Gasteiger partial charge < -0.3 is 14.6 Å². The Labute approximate surface area is 107 Å². The monoisotopic (exact) mass is 245 g/mol. The summed E-state index contributed by atoms with van der Waals surface area (Å²) in [5.41, 5.74) is 2.26. The van der Waals surface area contributed by atoms with Gasteiger partial charge in [0.05, 0.1) is 24.2 Å². The van der Waals surface area contributed by atoms with Crippen LogP contribution in [0.15, 0.2) is 24.3 Å². The number of rotatable bonds is 3. The molecule has 1 atom stereocenters. The highest BCUT2D eigenvalue weighted by molar-refractivity contribution is 5.75. The zero-order valence-electron chi connectivity index (χ0n) is 10.7. The predicted molar refractivity (Wildman–Crippen MR) is 71.4 cm³/mol. The highest BCUT2D eigenvalue weighted by Crippen LogP contribution is 2.14. The molecule has 96 valence electrons. The Kier molecular flexibility index (Phi) is 3.30. The minimum absolute atomic E-state index is 0.471. The Morgan fingerprint density at radius 2 is 2.33 bits per heavy atom. The SMILES string of the molecule is Cn1c(CN[C@H]2CCCOC2)nc2ccccc21. The summed E-state index contributed by atoms with van der Waals surface area (Å²) in [6.07, 6.45) is 2.35. The Balaban J connectivity index is 1.72. The lowest BCUT2D eigenvalue weighted by Crippen LogP contribution is -2.36. The molecule has 1 fully saturated rings. The van der Waals surface area contributed by atoms with Crippen LogP contribution < -0.4 is 5.32 Å². The average Bonchev–Trinajstić information content (AvgIpc) is 2.75. The maximum absolute atomic E-state index is 5.47. The molecule has 1 saturated heterocycles. The van der Waals surface area contributed by atoms with Crippen LogP contribution in [0.4, 0.5) is 0 Å². The number of ether oxygens (including phenoxy) is 1. The van der Waals surface area contributed by atoms with Crippen LogP contribution in [0.25, 0.3) is 11.0 Å². The van der Waals surface area contributed by atoms with Crippen LogP contribution >= 0.6 is 0 Å². The molecule has 18 heavy (non-hydrogen) atoms. The standard InChI is InChI=1S/C14H19N3O/c1-17-13-7-3-2-6-12(13)16-14(17)9-15-11-5-4-8-18-10-11/h2-3,6-7,11,15H,4-5,8-10H2,1H3/t11-/m0/s1. The molecule has 0 saturated carbocycles. The fraction of sp³-hybridized carbons (Fsp3) is 0.500. The van der Waals surface area contributed by atoms with Crippen LogP contribution in [0.1, 0.15) is 18.7 Å². The number of imidazole rings is 1. The number of aryl methyl sites for hydroxylation is 1. The number of nitrogens with one attached hydrogen (secondary N) is 1. The van der Waals surface area contributed by atoms with Crippen molar-refractivity contribution in [1.82, 2.24) is 14.9 Å². The van der Waals surface area contributed by atoms with E-state index in [1.807, 2.05) is 6.07 Å². The summed E-state index contributed by atoms with van der Waals surface area (Å²) in [6.45, 7) is 2.54. The zero-order chi connectivity index (χ0) is 12.4. The molecule has 2 aromatic rings. The van der Waals surface area contributed by atoms with Gasteiger partial charge in [0.2, 0.25) is 0 Å².